The Bertz CT molecular complexity index is 846. The number of aromatic amines is 1. The fraction of sp³-hybridized carbons (Fsp3) is 0.118. The standard InChI is InChI=1S/C17H16N4O/c1-13-7-5-6-10-15(13)18-11-16-17(22)21(20-19-16)12-14-8-3-2-4-9-14/h2-11,20H,12H2,1H3. The van der Waals surface area contributed by atoms with E-state index in [1.807, 2.05) is 61.5 Å². The molecule has 22 heavy (non-hydrogen) atoms. The van der Waals surface area contributed by atoms with Crippen molar-refractivity contribution in [1.82, 2.24) is 15.0 Å². The highest BCUT2D eigenvalue weighted by atomic mass is 16.1. The summed E-state index contributed by atoms with van der Waals surface area (Å²) in [5.74, 6) is 0. The van der Waals surface area contributed by atoms with E-state index in [-0.39, 0.29) is 5.56 Å². The molecular weight excluding hydrogens is 276 g/mol. The fourth-order valence-corrected chi connectivity index (χ4v) is 2.14. The Morgan fingerprint density at radius 1 is 1.14 bits per heavy atom. The molecule has 0 saturated heterocycles. The zero-order valence-electron chi connectivity index (χ0n) is 12.2. The third-order valence-electron chi connectivity index (χ3n) is 3.38. The molecule has 0 bridgehead atoms. The number of hydrogen-bond donors (Lipinski definition) is 1. The van der Waals surface area contributed by atoms with Crippen molar-refractivity contribution in [3.05, 3.63) is 81.8 Å². The van der Waals surface area contributed by atoms with Gasteiger partial charge in [-0.15, -0.1) is 0 Å². The van der Waals surface area contributed by atoms with Crippen molar-refractivity contribution in [3.8, 4) is 0 Å². The van der Waals surface area contributed by atoms with Crippen LogP contribution >= 0.6 is 0 Å². The summed E-state index contributed by atoms with van der Waals surface area (Å²) in [5, 5.41) is 6.77. The summed E-state index contributed by atoms with van der Waals surface area (Å²) in [7, 11) is 0. The Kier molecular flexibility index (Phi) is 3.96. The van der Waals surface area contributed by atoms with Crippen molar-refractivity contribution >= 4 is 11.9 Å². The predicted octanol–water partition coefficient (Wildman–Crippen LogP) is 2.68. The smallest absolute Gasteiger partial charge is 0.265 e. The van der Waals surface area contributed by atoms with Crippen LogP contribution in [0.2, 0.25) is 0 Å². The molecule has 3 rings (SSSR count). The maximum Gasteiger partial charge on any atom is 0.295 e. The molecule has 0 radical (unpaired) electrons. The molecule has 0 fully saturated rings. The van der Waals surface area contributed by atoms with E-state index in [9.17, 15) is 4.79 Å². The summed E-state index contributed by atoms with van der Waals surface area (Å²) in [6.07, 6.45) is 1.50. The monoisotopic (exact) mass is 292 g/mol. The molecule has 0 atom stereocenters. The summed E-state index contributed by atoms with van der Waals surface area (Å²) < 4.78 is 1.47. The van der Waals surface area contributed by atoms with Crippen LogP contribution in [0.25, 0.3) is 0 Å². The lowest BCUT2D eigenvalue weighted by Crippen LogP contribution is -2.19. The lowest BCUT2D eigenvalue weighted by atomic mass is 10.2. The molecule has 0 aliphatic rings. The molecule has 1 N–H and O–H groups in total. The Labute approximate surface area is 127 Å². The largest absolute Gasteiger partial charge is 0.295 e. The average Bonchev–Trinajstić information content (AvgIpc) is 2.88. The van der Waals surface area contributed by atoms with Crippen LogP contribution in [0.3, 0.4) is 0 Å². The number of aromatic nitrogens is 3. The van der Waals surface area contributed by atoms with E-state index < -0.39 is 0 Å². The molecule has 0 unspecified atom stereocenters. The van der Waals surface area contributed by atoms with E-state index in [4.69, 9.17) is 0 Å². The van der Waals surface area contributed by atoms with Gasteiger partial charge in [0.05, 0.1) is 18.4 Å². The number of hydrogen-bond acceptors (Lipinski definition) is 3. The third kappa shape index (κ3) is 3.03. The average molecular weight is 292 g/mol. The van der Waals surface area contributed by atoms with Crippen LogP contribution in [0.15, 0.2) is 64.4 Å². The van der Waals surface area contributed by atoms with E-state index >= 15 is 0 Å². The van der Waals surface area contributed by atoms with Crippen molar-refractivity contribution in [2.24, 2.45) is 4.99 Å². The first-order chi connectivity index (χ1) is 10.7. The fourth-order valence-electron chi connectivity index (χ4n) is 2.14. The second-order valence-electron chi connectivity index (χ2n) is 5.02. The Hall–Kier alpha value is -2.95. The molecule has 5 nitrogen and oxygen atoms in total. The van der Waals surface area contributed by atoms with E-state index in [1.165, 1.54) is 10.9 Å². The van der Waals surface area contributed by atoms with Crippen LogP contribution in [-0.2, 0) is 6.54 Å². The lowest BCUT2D eigenvalue weighted by Gasteiger charge is -1.99. The van der Waals surface area contributed by atoms with Gasteiger partial charge in [0, 0.05) is 0 Å². The van der Waals surface area contributed by atoms with Crippen molar-refractivity contribution < 1.29 is 0 Å². The van der Waals surface area contributed by atoms with Crippen LogP contribution in [0.1, 0.15) is 16.8 Å². The minimum atomic E-state index is -0.179. The minimum absolute atomic E-state index is 0.179. The first kappa shape index (κ1) is 14.0. The maximum atomic E-state index is 12.3. The van der Waals surface area contributed by atoms with Gasteiger partial charge in [0.15, 0.2) is 5.69 Å². The number of aliphatic imine (C=N–C) groups is 1. The van der Waals surface area contributed by atoms with Crippen LogP contribution in [0, 0.1) is 6.92 Å². The number of aryl methyl sites for hydroxylation is 1. The number of para-hydroxylation sites is 1. The zero-order valence-corrected chi connectivity index (χ0v) is 12.2. The molecule has 1 heterocycles. The van der Waals surface area contributed by atoms with Crippen LogP contribution in [-0.4, -0.2) is 21.2 Å². The number of nitrogens with zero attached hydrogens (tertiary/aromatic N) is 3. The van der Waals surface area contributed by atoms with Crippen LogP contribution in [0.5, 0.6) is 0 Å². The second kappa shape index (κ2) is 6.22. The summed E-state index contributed by atoms with van der Waals surface area (Å²) in [6.45, 7) is 2.44. The van der Waals surface area contributed by atoms with Gasteiger partial charge in [-0.1, -0.05) is 48.5 Å². The third-order valence-corrected chi connectivity index (χ3v) is 3.38. The lowest BCUT2D eigenvalue weighted by molar-refractivity contribution is 0.632. The first-order valence-corrected chi connectivity index (χ1v) is 7.03. The SMILES string of the molecule is Cc1ccccc1N=Cc1n[nH]n(Cc2ccccc2)c1=O. The van der Waals surface area contributed by atoms with Gasteiger partial charge < -0.3 is 0 Å². The van der Waals surface area contributed by atoms with E-state index in [0.29, 0.717) is 12.2 Å². The number of benzene rings is 2. The van der Waals surface area contributed by atoms with Gasteiger partial charge in [-0.2, -0.15) is 5.10 Å². The van der Waals surface area contributed by atoms with Gasteiger partial charge in [0.25, 0.3) is 5.56 Å². The molecule has 0 saturated carbocycles. The Balaban J connectivity index is 1.82. The van der Waals surface area contributed by atoms with E-state index in [1.54, 1.807) is 0 Å². The second-order valence-corrected chi connectivity index (χ2v) is 5.02. The van der Waals surface area contributed by atoms with Crippen molar-refractivity contribution in [2.45, 2.75) is 13.5 Å². The van der Waals surface area contributed by atoms with Gasteiger partial charge in [-0.25, -0.2) is 9.90 Å². The zero-order chi connectivity index (χ0) is 15.4. The number of H-pyrrole nitrogens is 1. The van der Waals surface area contributed by atoms with Gasteiger partial charge >= 0.3 is 0 Å². The highest BCUT2D eigenvalue weighted by molar-refractivity contribution is 5.79. The van der Waals surface area contributed by atoms with Crippen LogP contribution in [0.4, 0.5) is 5.69 Å². The van der Waals surface area contributed by atoms with Gasteiger partial charge in [0.1, 0.15) is 0 Å². The van der Waals surface area contributed by atoms with Crippen molar-refractivity contribution in [1.29, 1.82) is 0 Å². The molecule has 3 aromatic rings. The molecule has 2 aromatic carbocycles. The highest BCUT2D eigenvalue weighted by Gasteiger charge is 2.06. The summed E-state index contributed by atoms with van der Waals surface area (Å²) in [6, 6.07) is 17.5. The number of rotatable bonds is 4. The summed E-state index contributed by atoms with van der Waals surface area (Å²) >= 11 is 0. The van der Waals surface area contributed by atoms with Gasteiger partial charge in [-0.05, 0) is 24.1 Å². The molecule has 0 spiro atoms. The van der Waals surface area contributed by atoms with Crippen LogP contribution < -0.4 is 5.56 Å². The molecule has 110 valence electrons. The Morgan fingerprint density at radius 2 is 1.86 bits per heavy atom. The number of nitrogens with one attached hydrogen (secondary N) is 1. The van der Waals surface area contributed by atoms with E-state index in [0.717, 1.165) is 16.8 Å². The Morgan fingerprint density at radius 3 is 2.64 bits per heavy atom. The topological polar surface area (TPSA) is 63.0 Å². The quantitative estimate of drug-likeness (QED) is 0.751. The van der Waals surface area contributed by atoms with E-state index in [2.05, 4.69) is 15.3 Å². The molecule has 0 aliphatic heterocycles. The van der Waals surface area contributed by atoms with Crippen molar-refractivity contribution in [2.75, 3.05) is 0 Å². The highest BCUT2D eigenvalue weighted by Crippen LogP contribution is 2.16. The predicted molar refractivity (Wildman–Crippen MR) is 86.8 cm³/mol. The molecule has 1 aromatic heterocycles. The summed E-state index contributed by atoms with van der Waals surface area (Å²) in [4.78, 5) is 16.6. The first-order valence-electron chi connectivity index (χ1n) is 7.03. The molecular formula is C17H16N4O. The minimum Gasteiger partial charge on any atom is -0.265 e. The van der Waals surface area contributed by atoms with Gasteiger partial charge in [0.2, 0.25) is 0 Å². The molecule has 5 heteroatoms. The molecule has 0 aliphatic carbocycles. The van der Waals surface area contributed by atoms with Crippen molar-refractivity contribution in [3.63, 3.8) is 0 Å². The maximum absolute atomic E-state index is 12.3. The normalized spacial score (nSPS) is 11.1. The molecule has 0 amide bonds. The van der Waals surface area contributed by atoms with Gasteiger partial charge in [-0.3, -0.25) is 9.79 Å². The summed E-state index contributed by atoms with van der Waals surface area (Å²) in [5.41, 5.74) is 3.05.